The molecule has 2 aromatic rings. The number of hydrogen-bond acceptors (Lipinski definition) is 2. The van der Waals surface area contributed by atoms with Gasteiger partial charge in [0.1, 0.15) is 0 Å². The highest BCUT2D eigenvalue weighted by atomic mass is 16.3. The molecule has 0 aliphatic rings. The van der Waals surface area contributed by atoms with Crippen molar-refractivity contribution in [1.29, 1.82) is 0 Å². The lowest BCUT2D eigenvalue weighted by Gasteiger charge is -2.17. The number of aliphatic hydroxyl groups is 1. The summed E-state index contributed by atoms with van der Waals surface area (Å²) in [6.07, 6.45) is 4.27. The van der Waals surface area contributed by atoms with Crippen LogP contribution in [-0.4, -0.2) is 15.7 Å². The zero-order valence-corrected chi connectivity index (χ0v) is 10.2. The second-order valence-corrected chi connectivity index (χ2v) is 4.94. The van der Waals surface area contributed by atoms with Gasteiger partial charge in [0.15, 0.2) is 0 Å². The summed E-state index contributed by atoms with van der Waals surface area (Å²) in [7, 11) is 0. The van der Waals surface area contributed by atoms with Crippen molar-refractivity contribution < 1.29 is 5.11 Å². The van der Waals surface area contributed by atoms with Crippen molar-refractivity contribution >= 4 is 0 Å². The van der Waals surface area contributed by atoms with Crippen LogP contribution in [0.25, 0.3) is 11.1 Å². The molecule has 0 saturated carbocycles. The highest BCUT2D eigenvalue weighted by molar-refractivity contribution is 5.62. The van der Waals surface area contributed by atoms with Crippen LogP contribution in [0.15, 0.2) is 48.8 Å². The second-order valence-electron chi connectivity index (χ2n) is 4.94. The van der Waals surface area contributed by atoms with Gasteiger partial charge >= 0.3 is 0 Å². The average Bonchev–Trinajstić information content (AvgIpc) is 2.28. The minimum absolute atomic E-state index is 0.612. The largest absolute Gasteiger partial charge is 0.390 e. The van der Waals surface area contributed by atoms with E-state index in [2.05, 4.69) is 23.2 Å². The molecule has 1 heterocycles. The minimum atomic E-state index is -0.697. The van der Waals surface area contributed by atoms with Gasteiger partial charge in [0.05, 0.1) is 5.60 Å². The molecule has 0 spiro atoms. The molecule has 0 radical (unpaired) electrons. The van der Waals surface area contributed by atoms with Crippen LogP contribution >= 0.6 is 0 Å². The van der Waals surface area contributed by atoms with Gasteiger partial charge in [-0.05, 0) is 31.0 Å². The van der Waals surface area contributed by atoms with E-state index >= 15 is 0 Å². The lowest BCUT2D eigenvalue weighted by atomic mass is 9.98. The monoisotopic (exact) mass is 227 g/mol. The minimum Gasteiger partial charge on any atom is -0.390 e. The quantitative estimate of drug-likeness (QED) is 0.874. The normalized spacial score (nSPS) is 11.5. The summed E-state index contributed by atoms with van der Waals surface area (Å²) in [5, 5.41) is 9.80. The van der Waals surface area contributed by atoms with E-state index < -0.39 is 5.60 Å². The molecule has 88 valence electrons. The lowest BCUT2D eigenvalue weighted by Crippen LogP contribution is -2.21. The molecule has 0 aliphatic heterocycles. The SMILES string of the molecule is CC(C)(O)Cc1cncc(-c2ccccc2)c1. The molecule has 0 unspecified atom stereocenters. The Morgan fingerprint density at radius 2 is 1.76 bits per heavy atom. The Morgan fingerprint density at radius 3 is 2.41 bits per heavy atom. The molecule has 0 atom stereocenters. The van der Waals surface area contributed by atoms with Crippen molar-refractivity contribution in [2.75, 3.05) is 0 Å². The van der Waals surface area contributed by atoms with Crippen LogP contribution in [0.4, 0.5) is 0 Å². The predicted octanol–water partition coefficient (Wildman–Crippen LogP) is 3.06. The van der Waals surface area contributed by atoms with Gasteiger partial charge in [-0.1, -0.05) is 30.3 Å². The van der Waals surface area contributed by atoms with Crippen LogP contribution in [0.2, 0.25) is 0 Å². The first-order valence-electron chi connectivity index (χ1n) is 5.76. The van der Waals surface area contributed by atoms with Gasteiger partial charge in [-0.3, -0.25) is 4.98 Å². The molecule has 0 aliphatic carbocycles. The highest BCUT2D eigenvalue weighted by Gasteiger charge is 2.13. The fraction of sp³-hybridized carbons (Fsp3) is 0.267. The number of hydrogen-bond donors (Lipinski definition) is 1. The van der Waals surface area contributed by atoms with Crippen LogP contribution in [0.3, 0.4) is 0 Å². The average molecular weight is 227 g/mol. The molecule has 1 aromatic carbocycles. The van der Waals surface area contributed by atoms with E-state index in [-0.39, 0.29) is 0 Å². The zero-order chi connectivity index (χ0) is 12.3. The molecular formula is C15H17NO. The van der Waals surface area contributed by atoms with Crippen molar-refractivity contribution in [2.24, 2.45) is 0 Å². The second kappa shape index (κ2) is 4.68. The van der Waals surface area contributed by atoms with Crippen molar-refractivity contribution in [3.63, 3.8) is 0 Å². The molecule has 1 aromatic heterocycles. The fourth-order valence-corrected chi connectivity index (χ4v) is 1.87. The first kappa shape index (κ1) is 11.8. The molecule has 0 amide bonds. The van der Waals surface area contributed by atoms with Crippen molar-refractivity contribution in [3.05, 3.63) is 54.4 Å². The summed E-state index contributed by atoms with van der Waals surface area (Å²) < 4.78 is 0. The predicted molar refractivity (Wildman–Crippen MR) is 69.7 cm³/mol. The molecule has 17 heavy (non-hydrogen) atoms. The molecule has 2 rings (SSSR count). The molecular weight excluding hydrogens is 210 g/mol. The van der Waals surface area contributed by atoms with Crippen LogP contribution < -0.4 is 0 Å². The number of pyridine rings is 1. The van der Waals surface area contributed by atoms with Crippen molar-refractivity contribution in [1.82, 2.24) is 4.98 Å². The molecule has 1 N–H and O–H groups in total. The number of benzene rings is 1. The molecule has 2 heteroatoms. The highest BCUT2D eigenvalue weighted by Crippen LogP contribution is 2.20. The van der Waals surface area contributed by atoms with E-state index in [1.807, 2.05) is 44.4 Å². The van der Waals surface area contributed by atoms with Crippen LogP contribution in [0.5, 0.6) is 0 Å². The van der Waals surface area contributed by atoms with E-state index in [1.165, 1.54) is 0 Å². The summed E-state index contributed by atoms with van der Waals surface area (Å²) in [6.45, 7) is 3.62. The molecule has 0 fully saturated rings. The zero-order valence-electron chi connectivity index (χ0n) is 10.2. The molecule has 2 nitrogen and oxygen atoms in total. The maximum Gasteiger partial charge on any atom is 0.0632 e. The van der Waals surface area contributed by atoms with Gasteiger partial charge in [0.25, 0.3) is 0 Å². The molecule has 0 bridgehead atoms. The maximum atomic E-state index is 9.80. The summed E-state index contributed by atoms with van der Waals surface area (Å²) in [4.78, 5) is 4.23. The Bertz CT molecular complexity index is 486. The van der Waals surface area contributed by atoms with Crippen LogP contribution in [0, 0.1) is 0 Å². The Kier molecular flexibility index (Phi) is 3.25. The number of nitrogens with zero attached hydrogens (tertiary/aromatic N) is 1. The smallest absolute Gasteiger partial charge is 0.0632 e. The lowest BCUT2D eigenvalue weighted by molar-refractivity contribution is 0.0809. The van der Waals surface area contributed by atoms with Gasteiger partial charge in [-0.15, -0.1) is 0 Å². The third-order valence-electron chi connectivity index (χ3n) is 2.54. The summed E-state index contributed by atoms with van der Waals surface area (Å²) in [5.74, 6) is 0. The van der Waals surface area contributed by atoms with Crippen molar-refractivity contribution in [3.8, 4) is 11.1 Å². The summed E-state index contributed by atoms with van der Waals surface area (Å²) >= 11 is 0. The number of rotatable bonds is 3. The summed E-state index contributed by atoms with van der Waals surface area (Å²) in [6, 6.07) is 12.2. The third kappa shape index (κ3) is 3.40. The van der Waals surface area contributed by atoms with Gasteiger partial charge in [-0.25, -0.2) is 0 Å². The fourth-order valence-electron chi connectivity index (χ4n) is 1.87. The standard InChI is InChI=1S/C15H17NO/c1-15(2,17)9-12-8-14(11-16-10-12)13-6-4-3-5-7-13/h3-8,10-11,17H,9H2,1-2H3. The Morgan fingerprint density at radius 1 is 1.06 bits per heavy atom. The van der Waals surface area contributed by atoms with E-state index in [0.29, 0.717) is 6.42 Å². The Balaban J connectivity index is 2.29. The van der Waals surface area contributed by atoms with Gasteiger partial charge in [0, 0.05) is 24.4 Å². The topological polar surface area (TPSA) is 33.1 Å². The van der Waals surface area contributed by atoms with Crippen molar-refractivity contribution in [2.45, 2.75) is 25.9 Å². The van der Waals surface area contributed by atoms with E-state index in [9.17, 15) is 5.11 Å². The Hall–Kier alpha value is -1.67. The van der Waals surface area contributed by atoms with Gasteiger partial charge in [-0.2, -0.15) is 0 Å². The molecule has 0 saturated heterocycles. The number of aromatic nitrogens is 1. The van der Waals surface area contributed by atoms with Gasteiger partial charge in [0.2, 0.25) is 0 Å². The first-order valence-corrected chi connectivity index (χ1v) is 5.76. The van der Waals surface area contributed by atoms with Gasteiger partial charge < -0.3 is 5.11 Å². The first-order chi connectivity index (χ1) is 8.04. The summed E-state index contributed by atoms with van der Waals surface area (Å²) in [5.41, 5.74) is 2.60. The maximum absolute atomic E-state index is 9.80. The van der Waals surface area contributed by atoms with Crippen LogP contribution in [0.1, 0.15) is 19.4 Å². The van der Waals surface area contributed by atoms with E-state index in [1.54, 1.807) is 0 Å². The third-order valence-corrected chi connectivity index (χ3v) is 2.54. The van der Waals surface area contributed by atoms with E-state index in [4.69, 9.17) is 0 Å². The van der Waals surface area contributed by atoms with E-state index in [0.717, 1.165) is 16.7 Å². The van der Waals surface area contributed by atoms with Crippen LogP contribution in [-0.2, 0) is 6.42 Å². The Labute approximate surface area is 102 Å².